The summed E-state index contributed by atoms with van der Waals surface area (Å²) in [6, 6.07) is 47.8. The highest BCUT2D eigenvalue weighted by Crippen LogP contribution is 2.44. The molecule has 4 nitrogen and oxygen atoms in total. The maximum atomic E-state index is 5.50. The van der Waals surface area contributed by atoms with Crippen LogP contribution < -0.4 is 0 Å². The highest BCUT2D eigenvalue weighted by Gasteiger charge is 2.26. The maximum absolute atomic E-state index is 5.50. The first-order valence-corrected chi connectivity index (χ1v) is 16.3. The summed E-state index contributed by atoms with van der Waals surface area (Å²) < 4.78 is 4.75. The van der Waals surface area contributed by atoms with Crippen LogP contribution in [0.1, 0.15) is 30.5 Å². The van der Waals surface area contributed by atoms with Crippen molar-refractivity contribution in [2.45, 2.75) is 19.3 Å². The van der Waals surface area contributed by atoms with Gasteiger partial charge < -0.3 is 4.57 Å². The van der Waals surface area contributed by atoms with Gasteiger partial charge in [-0.3, -0.25) is 4.57 Å². The molecule has 1 unspecified atom stereocenters. The third-order valence-corrected chi connectivity index (χ3v) is 9.93. The van der Waals surface area contributed by atoms with Crippen molar-refractivity contribution in [2.24, 2.45) is 0 Å². The van der Waals surface area contributed by atoms with Gasteiger partial charge in [-0.25, -0.2) is 9.97 Å². The van der Waals surface area contributed by atoms with E-state index in [9.17, 15) is 0 Å². The average molecular weight is 603 g/mol. The lowest BCUT2D eigenvalue weighted by atomic mass is 9.88. The molecule has 4 heteroatoms. The zero-order valence-electron chi connectivity index (χ0n) is 25.9. The molecular weight excluding hydrogens is 573 g/mol. The second-order valence-electron chi connectivity index (χ2n) is 12.6. The van der Waals surface area contributed by atoms with Crippen LogP contribution in [0.4, 0.5) is 0 Å². The molecule has 0 aliphatic heterocycles. The van der Waals surface area contributed by atoms with E-state index in [0.29, 0.717) is 11.9 Å². The Labute approximate surface area is 271 Å². The van der Waals surface area contributed by atoms with Crippen LogP contribution >= 0.6 is 0 Å². The molecule has 1 aliphatic rings. The van der Waals surface area contributed by atoms with E-state index in [2.05, 4.69) is 162 Å². The first kappa shape index (κ1) is 26.2. The molecule has 0 N–H and O–H groups in total. The van der Waals surface area contributed by atoms with Gasteiger partial charge >= 0.3 is 0 Å². The van der Waals surface area contributed by atoms with E-state index < -0.39 is 0 Å². The second kappa shape index (κ2) is 10.0. The lowest BCUT2D eigenvalue weighted by molar-refractivity contribution is 0.755. The van der Waals surface area contributed by atoms with Gasteiger partial charge in [-0.15, -0.1) is 0 Å². The SMILES string of the molecule is CC1CC=Cc2nc(-n3c4ccc5ccccc5c4c4ccc5c6ccccc6n(-c6ccccc6)c5c43)nc(-c3ccccc3)c21. The molecule has 0 fully saturated rings. The number of nitrogens with zero attached hydrogens (tertiary/aromatic N) is 4. The minimum Gasteiger partial charge on any atom is -0.307 e. The van der Waals surface area contributed by atoms with Gasteiger partial charge in [0, 0.05) is 38.4 Å². The number of fused-ring (bicyclic) bond motifs is 10. The quantitative estimate of drug-likeness (QED) is 0.202. The molecule has 9 aromatic rings. The van der Waals surface area contributed by atoms with Crippen molar-refractivity contribution in [3.05, 3.63) is 151 Å². The van der Waals surface area contributed by atoms with Crippen molar-refractivity contribution in [1.82, 2.24) is 19.1 Å². The fraction of sp³-hybridized carbons (Fsp3) is 0.0698. The number of rotatable bonds is 3. The molecule has 0 saturated carbocycles. The number of para-hydroxylation sites is 2. The highest BCUT2D eigenvalue weighted by molar-refractivity contribution is 6.28. The number of hydrogen-bond donors (Lipinski definition) is 0. The Morgan fingerprint density at radius 2 is 1.28 bits per heavy atom. The maximum Gasteiger partial charge on any atom is 0.235 e. The molecule has 0 spiro atoms. The first-order valence-electron chi connectivity index (χ1n) is 16.3. The normalized spacial score (nSPS) is 14.5. The van der Waals surface area contributed by atoms with E-state index >= 15 is 0 Å². The molecule has 0 amide bonds. The number of allylic oxidation sites excluding steroid dienone is 1. The van der Waals surface area contributed by atoms with Gasteiger partial charge in [0.2, 0.25) is 5.95 Å². The van der Waals surface area contributed by atoms with Crippen LogP contribution in [0.2, 0.25) is 0 Å². The Morgan fingerprint density at radius 1 is 0.574 bits per heavy atom. The van der Waals surface area contributed by atoms with Crippen molar-refractivity contribution in [1.29, 1.82) is 0 Å². The van der Waals surface area contributed by atoms with Crippen molar-refractivity contribution in [2.75, 3.05) is 0 Å². The summed E-state index contributed by atoms with van der Waals surface area (Å²) >= 11 is 0. The molecule has 6 aromatic carbocycles. The summed E-state index contributed by atoms with van der Waals surface area (Å²) in [6.45, 7) is 2.28. The van der Waals surface area contributed by atoms with E-state index in [4.69, 9.17) is 9.97 Å². The third kappa shape index (κ3) is 3.76. The molecule has 3 aromatic heterocycles. The summed E-state index contributed by atoms with van der Waals surface area (Å²) in [7, 11) is 0. The van der Waals surface area contributed by atoms with Gasteiger partial charge in [0.1, 0.15) is 0 Å². The Kier molecular flexibility index (Phi) is 5.58. The molecule has 222 valence electrons. The number of aromatic nitrogens is 4. The standard InChI is InChI=1S/C43H30N4/c1-27-13-12-21-35-38(27)40(29-15-4-2-5-16-29)45-43(44-35)47-37-26-23-28-14-8-9-19-31(28)39(37)34-25-24-33-32-20-10-11-22-36(32)46(41(33)42(34)47)30-17-6-3-7-18-30/h2-12,14-27H,13H2,1H3. The number of benzene rings is 6. The first-order chi connectivity index (χ1) is 23.3. The van der Waals surface area contributed by atoms with E-state index in [1.807, 2.05) is 0 Å². The van der Waals surface area contributed by atoms with Gasteiger partial charge in [0.15, 0.2) is 0 Å². The summed E-state index contributed by atoms with van der Waals surface area (Å²) in [5.74, 6) is 1.02. The predicted molar refractivity (Wildman–Crippen MR) is 196 cm³/mol. The lowest BCUT2D eigenvalue weighted by Crippen LogP contribution is -2.12. The highest BCUT2D eigenvalue weighted by atomic mass is 15.2. The van der Waals surface area contributed by atoms with Crippen LogP contribution in [0.5, 0.6) is 0 Å². The van der Waals surface area contributed by atoms with E-state index in [1.54, 1.807) is 0 Å². The molecule has 1 aliphatic carbocycles. The smallest absolute Gasteiger partial charge is 0.235 e. The average Bonchev–Trinajstić information content (AvgIpc) is 3.65. The van der Waals surface area contributed by atoms with Crippen LogP contribution in [0.15, 0.2) is 140 Å². The monoisotopic (exact) mass is 602 g/mol. The van der Waals surface area contributed by atoms with Crippen LogP contribution in [0.25, 0.3) is 83.4 Å². The Hall–Kier alpha value is -6.00. The summed E-state index contributed by atoms with van der Waals surface area (Å²) in [5.41, 5.74) is 10.0. The minimum atomic E-state index is 0.327. The van der Waals surface area contributed by atoms with Gasteiger partial charge in [0.25, 0.3) is 0 Å². The summed E-state index contributed by atoms with van der Waals surface area (Å²) in [6.07, 6.45) is 5.42. The van der Waals surface area contributed by atoms with Crippen molar-refractivity contribution in [3.63, 3.8) is 0 Å². The Balaban J connectivity index is 1.45. The number of hydrogen-bond acceptors (Lipinski definition) is 2. The lowest BCUT2D eigenvalue weighted by Gasteiger charge is -2.22. The zero-order valence-corrected chi connectivity index (χ0v) is 25.9. The predicted octanol–water partition coefficient (Wildman–Crippen LogP) is 11.0. The van der Waals surface area contributed by atoms with E-state index in [1.165, 1.54) is 43.4 Å². The van der Waals surface area contributed by atoms with E-state index in [-0.39, 0.29) is 0 Å². The fourth-order valence-electron chi connectivity index (χ4n) is 7.88. The van der Waals surface area contributed by atoms with Crippen molar-refractivity contribution >= 4 is 60.5 Å². The van der Waals surface area contributed by atoms with Gasteiger partial charge in [0.05, 0.1) is 33.5 Å². The van der Waals surface area contributed by atoms with Crippen molar-refractivity contribution in [3.8, 4) is 22.9 Å². The van der Waals surface area contributed by atoms with Crippen LogP contribution in [0.3, 0.4) is 0 Å². The molecule has 3 heterocycles. The van der Waals surface area contributed by atoms with E-state index in [0.717, 1.165) is 45.6 Å². The fourth-order valence-corrected chi connectivity index (χ4v) is 7.88. The minimum absolute atomic E-state index is 0.327. The molecule has 47 heavy (non-hydrogen) atoms. The molecule has 0 radical (unpaired) electrons. The van der Waals surface area contributed by atoms with Gasteiger partial charge in [-0.1, -0.05) is 122 Å². The third-order valence-electron chi connectivity index (χ3n) is 9.93. The van der Waals surface area contributed by atoms with Crippen molar-refractivity contribution < 1.29 is 0 Å². The topological polar surface area (TPSA) is 35.6 Å². The molecule has 0 saturated heterocycles. The largest absolute Gasteiger partial charge is 0.307 e. The van der Waals surface area contributed by atoms with Crippen LogP contribution in [-0.4, -0.2) is 19.1 Å². The molecule has 1 atom stereocenters. The molecule has 10 rings (SSSR count). The van der Waals surface area contributed by atoms with Gasteiger partial charge in [-0.2, -0.15) is 0 Å². The van der Waals surface area contributed by atoms with Crippen LogP contribution in [-0.2, 0) is 0 Å². The molecule has 0 bridgehead atoms. The zero-order chi connectivity index (χ0) is 31.1. The Morgan fingerprint density at radius 3 is 2.13 bits per heavy atom. The summed E-state index contributed by atoms with van der Waals surface area (Å²) in [4.78, 5) is 10.9. The van der Waals surface area contributed by atoms with Crippen LogP contribution in [0, 0.1) is 0 Å². The summed E-state index contributed by atoms with van der Waals surface area (Å²) in [5, 5.41) is 7.29. The Bertz CT molecular complexity index is 2710. The molecular formula is C43H30N4. The second-order valence-corrected chi connectivity index (χ2v) is 12.6. The van der Waals surface area contributed by atoms with Gasteiger partial charge in [-0.05, 0) is 53.5 Å².